The number of fused-ring (bicyclic) bond motifs is 1. The molecule has 2 aromatic rings. The van der Waals surface area contributed by atoms with Crippen molar-refractivity contribution in [3.05, 3.63) is 29.7 Å². The summed E-state index contributed by atoms with van der Waals surface area (Å²) in [7, 11) is 1.74. The summed E-state index contributed by atoms with van der Waals surface area (Å²) < 4.78 is 11.1. The zero-order valence-electron chi connectivity index (χ0n) is 10.9. The molecule has 1 fully saturated rings. The number of phenols is 1. The fourth-order valence-electron chi connectivity index (χ4n) is 2.59. The first kappa shape index (κ1) is 12.2. The van der Waals surface area contributed by atoms with Gasteiger partial charge in [0.25, 0.3) is 0 Å². The Labute approximate surface area is 111 Å². The van der Waals surface area contributed by atoms with E-state index in [9.17, 15) is 5.11 Å². The van der Waals surface area contributed by atoms with Crippen LogP contribution in [0.15, 0.2) is 28.2 Å². The molecule has 19 heavy (non-hydrogen) atoms. The van der Waals surface area contributed by atoms with E-state index in [1.165, 1.54) is 18.4 Å². The SMILES string of the molecule is COC1CCCC/C1=C\c1nc2ccc(O)cc2o1. The summed E-state index contributed by atoms with van der Waals surface area (Å²) in [5, 5.41) is 9.42. The number of aromatic nitrogens is 1. The van der Waals surface area contributed by atoms with Gasteiger partial charge in [-0.2, -0.15) is 0 Å². The summed E-state index contributed by atoms with van der Waals surface area (Å²) in [6.07, 6.45) is 6.64. The number of rotatable bonds is 2. The van der Waals surface area contributed by atoms with E-state index in [2.05, 4.69) is 4.98 Å². The number of ether oxygens (including phenoxy) is 1. The van der Waals surface area contributed by atoms with Crippen molar-refractivity contribution in [2.45, 2.75) is 31.8 Å². The Morgan fingerprint density at radius 2 is 2.32 bits per heavy atom. The van der Waals surface area contributed by atoms with Crippen molar-refractivity contribution in [1.29, 1.82) is 0 Å². The van der Waals surface area contributed by atoms with E-state index in [0.717, 1.165) is 18.4 Å². The van der Waals surface area contributed by atoms with Crippen LogP contribution in [0.25, 0.3) is 17.2 Å². The van der Waals surface area contributed by atoms with Gasteiger partial charge in [-0.1, -0.05) is 6.42 Å². The zero-order valence-corrected chi connectivity index (χ0v) is 10.9. The topological polar surface area (TPSA) is 55.5 Å². The van der Waals surface area contributed by atoms with Crippen molar-refractivity contribution in [2.75, 3.05) is 7.11 Å². The highest BCUT2D eigenvalue weighted by molar-refractivity contribution is 5.75. The number of hydrogen-bond donors (Lipinski definition) is 1. The van der Waals surface area contributed by atoms with Crippen LogP contribution in [0.2, 0.25) is 0 Å². The van der Waals surface area contributed by atoms with Crippen LogP contribution in [0.3, 0.4) is 0 Å². The van der Waals surface area contributed by atoms with Crippen LogP contribution in [0.5, 0.6) is 5.75 Å². The predicted octanol–water partition coefficient (Wildman–Crippen LogP) is 3.51. The van der Waals surface area contributed by atoms with E-state index < -0.39 is 0 Å². The Kier molecular flexibility index (Phi) is 3.25. The number of oxazole rings is 1. The number of aromatic hydroxyl groups is 1. The van der Waals surface area contributed by atoms with Gasteiger partial charge in [0.1, 0.15) is 11.3 Å². The van der Waals surface area contributed by atoms with E-state index in [4.69, 9.17) is 9.15 Å². The van der Waals surface area contributed by atoms with Crippen molar-refractivity contribution in [3.63, 3.8) is 0 Å². The summed E-state index contributed by atoms with van der Waals surface area (Å²) in [5.74, 6) is 0.773. The Hall–Kier alpha value is -1.81. The third-order valence-electron chi connectivity index (χ3n) is 3.58. The summed E-state index contributed by atoms with van der Waals surface area (Å²) >= 11 is 0. The van der Waals surface area contributed by atoms with Crippen LogP contribution in [0, 0.1) is 0 Å². The third kappa shape index (κ3) is 2.49. The van der Waals surface area contributed by atoms with Gasteiger partial charge in [-0.05, 0) is 37.0 Å². The lowest BCUT2D eigenvalue weighted by molar-refractivity contribution is 0.110. The van der Waals surface area contributed by atoms with Gasteiger partial charge in [0.2, 0.25) is 5.89 Å². The standard InChI is InChI=1S/C15H17NO3/c1-18-13-5-3-2-4-10(13)8-15-16-12-7-6-11(17)9-14(12)19-15/h6-9,13,17H,2-5H2,1H3/b10-8+. The maximum absolute atomic E-state index is 9.42. The Morgan fingerprint density at radius 3 is 3.16 bits per heavy atom. The highest BCUT2D eigenvalue weighted by Crippen LogP contribution is 2.28. The summed E-state index contributed by atoms with van der Waals surface area (Å²) in [6, 6.07) is 4.95. The summed E-state index contributed by atoms with van der Waals surface area (Å²) in [5.41, 5.74) is 2.61. The van der Waals surface area contributed by atoms with E-state index in [0.29, 0.717) is 11.5 Å². The van der Waals surface area contributed by atoms with E-state index in [-0.39, 0.29) is 11.9 Å². The first-order chi connectivity index (χ1) is 9.26. The number of phenolic OH excluding ortho intramolecular Hbond substituents is 1. The van der Waals surface area contributed by atoms with E-state index in [1.54, 1.807) is 25.3 Å². The lowest BCUT2D eigenvalue weighted by Crippen LogP contribution is -2.17. The van der Waals surface area contributed by atoms with Gasteiger partial charge in [0.05, 0.1) is 6.10 Å². The Bertz CT molecular complexity index is 615. The highest BCUT2D eigenvalue weighted by atomic mass is 16.5. The normalized spacial score (nSPS) is 22.2. The fourth-order valence-corrected chi connectivity index (χ4v) is 2.59. The quantitative estimate of drug-likeness (QED) is 0.896. The first-order valence-electron chi connectivity index (χ1n) is 6.59. The monoisotopic (exact) mass is 259 g/mol. The molecule has 0 aliphatic heterocycles. The van der Waals surface area contributed by atoms with Gasteiger partial charge in [-0.25, -0.2) is 4.98 Å². The van der Waals surface area contributed by atoms with Gasteiger partial charge in [0, 0.05) is 19.3 Å². The van der Waals surface area contributed by atoms with E-state index >= 15 is 0 Å². The number of benzene rings is 1. The van der Waals surface area contributed by atoms with Crippen molar-refractivity contribution in [3.8, 4) is 5.75 Å². The third-order valence-corrected chi connectivity index (χ3v) is 3.58. The number of hydrogen-bond acceptors (Lipinski definition) is 4. The summed E-state index contributed by atoms with van der Waals surface area (Å²) in [4.78, 5) is 4.41. The van der Waals surface area contributed by atoms with Gasteiger partial charge < -0.3 is 14.3 Å². The second kappa shape index (κ2) is 5.05. The molecule has 0 saturated heterocycles. The number of methoxy groups -OCH3 is 1. The zero-order chi connectivity index (χ0) is 13.2. The molecule has 1 N–H and O–H groups in total. The highest BCUT2D eigenvalue weighted by Gasteiger charge is 2.19. The molecule has 1 unspecified atom stereocenters. The molecule has 1 saturated carbocycles. The second-order valence-corrected chi connectivity index (χ2v) is 4.89. The lowest BCUT2D eigenvalue weighted by atomic mass is 9.92. The van der Waals surface area contributed by atoms with Crippen molar-refractivity contribution >= 4 is 17.2 Å². The van der Waals surface area contributed by atoms with Crippen LogP contribution in [0.4, 0.5) is 0 Å². The lowest BCUT2D eigenvalue weighted by Gasteiger charge is -2.23. The molecule has 0 bridgehead atoms. The molecule has 1 aromatic heterocycles. The maximum atomic E-state index is 9.42. The van der Waals surface area contributed by atoms with Crippen LogP contribution in [-0.2, 0) is 4.74 Å². The van der Waals surface area contributed by atoms with Crippen molar-refractivity contribution < 1.29 is 14.3 Å². The minimum absolute atomic E-state index is 0.178. The molecule has 1 atom stereocenters. The molecule has 0 amide bonds. The maximum Gasteiger partial charge on any atom is 0.220 e. The molecule has 1 aromatic carbocycles. The van der Waals surface area contributed by atoms with Crippen LogP contribution < -0.4 is 0 Å². The van der Waals surface area contributed by atoms with Gasteiger partial charge >= 0.3 is 0 Å². The molecule has 4 nitrogen and oxygen atoms in total. The molecular formula is C15H17NO3. The fraction of sp³-hybridized carbons (Fsp3) is 0.400. The smallest absolute Gasteiger partial charge is 0.220 e. The molecule has 1 aliphatic carbocycles. The molecular weight excluding hydrogens is 242 g/mol. The average molecular weight is 259 g/mol. The molecule has 100 valence electrons. The van der Waals surface area contributed by atoms with Crippen LogP contribution in [-0.4, -0.2) is 23.3 Å². The van der Waals surface area contributed by atoms with Crippen molar-refractivity contribution in [1.82, 2.24) is 4.98 Å². The largest absolute Gasteiger partial charge is 0.508 e. The minimum atomic E-state index is 0.178. The van der Waals surface area contributed by atoms with E-state index in [1.807, 2.05) is 6.08 Å². The summed E-state index contributed by atoms with van der Waals surface area (Å²) in [6.45, 7) is 0. The average Bonchev–Trinajstić information content (AvgIpc) is 2.80. The molecule has 3 rings (SSSR count). The van der Waals surface area contributed by atoms with Gasteiger partial charge in [0.15, 0.2) is 5.58 Å². The van der Waals surface area contributed by atoms with Crippen molar-refractivity contribution in [2.24, 2.45) is 0 Å². The second-order valence-electron chi connectivity index (χ2n) is 4.89. The Balaban J connectivity index is 1.95. The van der Waals surface area contributed by atoms with Gasteiger partial charge in [-0.15, -0.1) is 0 Å². The Morgan fingerprint density at radius 1 is 1.42 bits per heavy atom. The van der Waals surface area contributed by atoms with Crippen LogP contribution >= 0.6 is 0 Å². The van der Waals surface area contributed by atoms with Gasteiger partial charge in [-0.3, -0.25) is 0 Å². The van der Waals surface area contributed by atoms with Crippen LogP contribution in [0.1, 0.15) is 31.6 Å². The molecule has 0 spiro atoms. The number of nitrogens with zero attached hydrogens (tertiary/aromatic N) is 1. The predicted molar refractivity (Wildman–Crippen MR) is 72.9 cm³/mol. The molecule has 1 heterocycles. The molecule has 0 radical (unpaired) electrons. The first-order valence-corrected chi connectivity index (χ1v) is 6.59. The minimum Gasteiger partial charge on any atom is -0.508 e. The molecule has 4 heteroatoms. The molecule has 1 aliphatic rings.